The van der Waals surface area contributed by atoms with Crippen molar-refractivity contribution in [3.63, 3.8) is 0 Å². The fraction of sp³-hybridized carbons (Fsp3) is 0.200. The first-order valence-corrected chi connectivity index (χ1v) is 9.05. The summed E-state index contributed by atoms with van der Waals surface area (Å²) in [5.41, 5.74) is 3.63. The lowest BCUT2D eigenvalue weighted by molar-refractivity contribution is 0.0954. The minimum absolute atomic E-state index is 0.352. The molecule has 27 heavy (non-hydrogen) atoms. The molecule has 0 atom stereocenters. The number of halogens is 1. The number of amides is 1. The first-order chi connectivity index (χ1) is 13.1. The van der Waals surface area contributed by atoms with Crippen LogP contribution in [0.2, 0.25) is 0 Å². The maximum absolute atomic E-state index is 12.4. The normalized spacial score (nSPS) is 10.5. The molecule has 0 aliphatic rings. The molecule has 1 amide bonds. The second kappa shape index (κ2) is 10.4. The minimum Gasteiger partial charge on any atom is -0.496 e. The van der Waals surface area contributed by atoms with Gasteiger partial charge in [0.2, 0.25) is 0 Å². The number of benzene rings is 2. The number of ether oxygens (including phenoxy) is 3. The summed E-state index contributed by atoms with van der Waals surface area (Å²) >= 11 is 3.39. The number of hydrazone groups is 1. The summed E-state index contributed by atoms with van der Waals surface area (Å²) in [6.45, 7) is 6.28. The van der Waals surface area contributed by atoms with Crippen LogP contribution in [-0.2, 0) is 0 Å². The average Bonchev–Trinajstić information content (AvgIpc) is 2.67. The van der Waals surface area contributed by atoms with Crippen molar-refractivity contribution in [1.29, 1.82) is 0 Å². The third kappa shape index (κ3) is 5.86. The van der Waals surface area contributed by atoms with Gasteiger partial charge in [-0.1, -0.05) is 28.6 Å². The smallest absolute Gasteiger partial charge is 0.271 e. The number of rotatable bonds is 9. The molecule has 0 heterocycles. The van der Waals surface area contributed by atoms with Crippen LogP contribution in [-0.4, -0.2) is 32.4 Å². The number of methoxy groups -OCH3 is 1. The number of hydrogen-bond acceptors (Lipinski definition) is 5. The molecule has 142 valence electrons. The summed E-state index contributed by atoms with van der Waals surface area (Å²) in [6, 6.07) is 10.5. The van der Waals surface area contributed by atoms with Gasteiger partial charge >= 0.3 is 0 Å². The van der Waals surface area contributed by atoms with Crippen LogP contribution in [0, 0.1) is 0 Å². The molecule has 2 rings (SSSR count). The Kier molecular flexibility index (Phi) is 7.88. The average molecular weight is 433 g/mol. The van der Waals surface area contributed by atoms with Crippen molar-refractivity contribution in [2.45, 2.75) is 6.92 Å². The first-order valence-electron chi connectivity index (χ1n) is 8.26. The number of hydrogen-bond donors (Lipinski definition) is 1. The van der Waals surface area contributed by atoms with Crippen molar-refractivity contribution < 1.29 is 19.0 Å². The highest BCUT2D eigenvalue weighted by Gasteiger charge is 2.11. The summed E-state index contributed by atoms with van der Waals surface area (Å²) in [5.74, 6) is 1.33. The molecule has 0 bridgehead atoms. The standard InChI is InChI=1S/C20H21BrN2O4/c1-4-10-27-18-8-6-14(12-19(18)26-5-2)20(24)23-22-13-15-11-16(21)7-9-17(15)25-3/h4,6-9,11-13H,1,5,10H2,2-3H3,(H,23,24)/b22-13+. The van der Waals surface area contributed by atoms with Crippen LogP contribution in [0.4, 0.5) is 0 Å². The van der Waals surface area contributed by atoms with Crippen molar-refractivity contribution in [2.75, 3.05) is 20.3 Å². The van der Waals surface area contributed by atoms with E-state index in [1.54, 1.807) is 31.4 Å². The molecule has 1 N–H and O–H groups in total. The molecular formula is C20H21BrN2O4. The van der Waals surface area contributed by atoms with Gasteiger partial charge in [0.15, 0.2) is 11.5 Å². The van der Waals surface area contributed by atoms with E-state index in [9.17, 15) is 4.79 Å². The summed E-state index contributed by atoms with van der Waals surface area (Å²) in [4.78, 5) is 12.4. The molecule has 2 aromatic rings. The molecule has 0 radical (unpaired) electrons. The maximum atomic E-state index is 12.4. The summed E-state index contributed by atoms with van der Waals surface area (Å²) in [6.07, 6.45) is 3.16. The minimum atomic E-state index is -0.364. The molecule has 0 aliphatic carbocycles. The van der Waals surface area contributed by atoms with Crippen LogP contribution in [0.25, 0.3) is 0 Å². The predicted octanol–water partition coefficient (Wildman–Crippen LogP) is 4.19. The van der Waals surface area contributed by atoms with E-state index >= 15 is 0 Å². The topological polar surface area (TPSA) is 69.2 Å². The number of nitrogens with one attached hydrogen (secondary N) is 1. The molecule has 0 saturated carbocycles. The van der Waals surface area contributed by atoms with Gasteiger partial charge < -0.3 is 14.2 Å². The Bertz CT molecular complexity index is 837. The molecule has 0 aromatic heterocycles. The van der Waals surface area contributed by atoms with E-state index in [1.807, 2.05) is 25.1 Å². The zero-order chi connectivity index (χ0) is 19.6. The summed E-state index contributed by atoms with van der Waals surface area (Å²) in [7, 11) is 1.57. The van der Waals surface area contributed by atoms with Crippen LogP contribution >= 0.6 is 15.9 Å². The van der Waals surface area contributed by atoms with Gasteiger partial charge in [0.1, 0.15) is 12.4 Å². The third-order valence-corrected chi connectivity index (χ3v) is 3.92. The highest BCUT2D eigenvalue weighted by atomic mass is 79.9. The molecule has 6 nitrogen and oxygen atoms in total. The number of carbonyl (C=O) groups is 1. The van der Waals surface area contributed by atoms with E-state index in [4.69, 9.17) is 14.2 Å². The van der Waals surface area contributed by atoms with Crippen molar-refractivity contribution in [3.8, 4) is 17.2 Å². The monoisotopic (exact) mass is 432 g/mol. The molecule has 0 unspecified atom stereocenters. The van der Waals surface area contributed by atoms with Gasteiger partial charge in [-0.3, -0.25) is 4.79 Å². The lowest BCUT2D eigenvalue weighted by Gasteiger charge is -2.12. The van der Waals surface area contributed by atoms with Crippen LogP contribution in [0.3, 0.4) is 0 Å². The van der Waals surface area contributed by atoms with Crippen molar-refractivity contribution in [1.82, 2.24) is 5.43 Å². The summed E-state index contributed by atoms with van der Waals surface area (Å²) < 4.78 is 17.2. The zero-order valence-corrected chi connectivity index (χ0v) is 16.8. The van der Waals surface area contributed by atoms with Crippen LogP contribution in [0.1, 0.15) is 22.8 Å². The molecule has 0 saturated heterocycles. The second-order valence-electron chi connectivity index (χ2n) is 5.28. The van der Waals surface area contributed by atoms with Crippen molar-refractivity contribution in [3.05, 3.63) is 64.7 Å². The second-order valence-corrected chi connectivity index (χ2v) is 6.20. The molecule has 7 heteroatoms. The van der Waals surface area contributed by atoms with Gasteiger partial charge in [-0.15, -0.1) is 0 Å². The Hall–Kier alpha value is -2.80. The Labute approximate surface area is 167 Å². The van der Waals surface area contributed by atoms with Gasteiger partial charge in [0, 0.05) is 15.6 Å². The number of carbonyl (C=O) groups excluding carboxylic acids is 1. The lowest BCUT2D eigenvalue weighted by Crippen LogP contribution is -2.18. The van der Waals surface area contributed by atoms with E-state index in [2.05, 4.69) is 33.0 Å². The predicted molar refractivity (Wildman–Crippen MR) is 109 cm³/mol. The Morgan fingerprint density at radius 1 is 1.19 bits per heavy atom. The summed E-state index contributed by atoms with van der Waals surface area (Å²) in [5, 5.41) is 4.00. The maximum Gasteiger partial charge on any atom is 0.271 e. The largest absolute Gasteiger partial charge is 0.496 e. The lowest BCUT2D eigenvalue weighted by atomic mass is 10.2. The van der Waals surface area contributed by atoms with E-state index < -0.39 is 0 Å². The van der Waals surface area contributed by atoms with Crippen LogP contribution in [0.15, 0.2) is 58.6 Å². The van der Waals surface area contributed by atoms with Crippen LogP contribution < -0.4 is 19.6 Å². The zero-order valence-electron chi connectivity index (χ0n) is 15.2. The fourth-order valence-corrected chi connectivity index (χ4v) is 2.60. The fourth-order valence-electron chi connectivity index (χ4n) is 2.22. The number of nitrogens with zero attached hydrogens (tertiary/aromatic N) is 1. The van der Waals surface area contributed by atoms with Crippen molar-refractivity contribution >= 4 is 28.1 Å². The SMILES string of the molecule is C=CCOc1ccc(C(=O)N/N=C/c2cc(Br)ccc2OC)cc1OCC. The van der Waals surface area contributed by atoms with Gasteiger partial charge in [0.25, 0.3) is 5.91 Å². The quantitative estimate of drug-likeness (QED) is 0.366. The Morgan fingerprint density at radius 2 is 1.96 bits per heavy atom. The molecular weight excluding hydrogens is 412 g/mol. The Morgan fingerprint density at radius 3 is 2.67 bits per heavy atom. The third-order valence-electron chi connectivity index (χ3n) is 3.42. The molecule has 2 aromatic carbocycles. The van der Waals surface area contributed by atoms with Gasteiger partial charge in [-0.25, -0.2) is 5.43 Å². The van der Waals surface area contributed by atoms with E-state index in [1.165, 1.54) is 6.21 Å². The van der Waals surface area contributed by atoms with Crippen molar-refractivity contribution in [2.24, 2.45) is 5.10 Å². The Balaban J connectivity index is 2.12. The molecule has 0 spiro atoms. The van der Waals surface area contributed by atoms with Gasteiger partial charge in [0.05, 0.1) is 19.9 Å². The highest BCUT2D eigenvalue weighted by Crippen LogP contribution is 2.28. The van der Waals surface area contributed by atoms with E-state index in [0.29, 0.717) is 36.0 Å². The molecule has 0 aliphatic heterocycles. The van der Waals surface area contributed by atoms with Gasteiger partial charge in [-0.2, -0.15) is 5.10 Å². The van der Waals surface area contributed by atoms with E-state index in [0.717, 1.165) is 10.0 Å². The van der Waals surface area contributed by atoms with Crippen LogP contribution in [0.5, 0.6) is 17.2 Å². The highest BCUT2D eigenvalue weighted by molar-refractivity contribution is 9.10. The molecule has 0 fully saturated rings. The van der Waals surface area contributed by atoms with E-state index in [-0.39, 0.29) is 5.91 Å². The first kappa shape index (κ1) is 20.5. The van der Waals surface area contributed by atoms with Gasteiger partial charge in [-0.05, 0) is 43.3 Å².